The summed E-state index contributed by atoms with van der Waals surface area (Å²) in [4.78, 5) is 1.25. The van der Waals surface area contributed by atoms with E-state index in [9.17, 15) is 0 Å². The van der Waals surface area contributed by atoms with Gasteiger partial charge in [-0.2, -0.15) is 0 Å². The van der Waals surface area contributed by atoms with Crippen LogP contribution in [0.1, 0.15) is 4.88 Å². The van der Waals surface area contributed by atoms with Gasteiger partial charge in [-0.15, -0.1) is 11.3 Å². The number of nitrogens with two attached hydrogens (primary N) is 1. The lowest BCUT2D eigenvalue weighted by atomic mass is 10.2. The predicted octanol–water partition coefficient (Wildman–Crippen LogP) is 3.62. The quantitative estimate of drug-likeness (QED) is 0.610. The average Bonchev–Trinajstić information content (AvgIpc) is 2.80. The molecule has 3 nitrogen and oxygen atoms in total. The molecule has 2 aromatic rings. The van der Waals surface area contributed by atoms with Gasteiger partial charge in [0.2, 0.25) is 0 Å². The molecule has 0 saturated heterocycles. The van der Waals surface area contributed by atoms with Crippen LogP contribution in [-0.4, -0.2) is 12.6 Å². The SMILES string of the molecule is NNC(COc1cccc(Cl)c1)Cc1ccc(Br)s1. The second kappa shape index (κ2) is 7.26. The smallest absolute Gasteiger partial charge is 0.120 e. The molecule has 1 aromatic carbocycles. The van der Waals surface area contributed by atoms with Crippen LogP contribution in [0.3, 0.4) is 0 Å². The third-order valence-corrected chi connectivity index (χ3v) is 4.44. The molecule has 0 aliphatic heterocycles. The Hall–Kier alpha value is -0.590. The molecule has 0 fully saturated rings. The van der Waals surface area contributed by atoms with Crippen LogP contribution < -0.4 is 16.0 Å². The van der Waals surface area contributed by atoms with Crippen LogP contribution in [-0.2, 0) is 6.42 Å². The van der Waals surface area contributed by atoms with E-state index in [4.69, 9.17) is 22.2 Å². The summed E-state index contributed by atoms with van der Waals surface area (Å²) in [6, 6.07) is 11.5. The minimum Gasteiger partial charge on any atom is -0.492 e. The van der Waals surface area contributed by atoms with Crippen LogP contribution >= 0.6 is 38.9 Å². The van der Waals surface area contributed by atoms with Gasteiger partial charge in [0.1, 0.15) is 12.4 Å². The number of hydrogen-bond acceptors (Lipinski definition) is 4. The lowest BCUT2D eigenvalue weighted by Crippen LogP contribution is -2.41. The molecule has 1 unspecified atom stereocenters. The summed E-state index contributed by atoms with van der Waals surface area (Å²) in [5.41, 5.74) is 2.78. The highest BCUT2D eigenvalue weighted by Crippen LogP contribution is 2.23. The molecule has 0 bridgehead atoms. The van der Waals surface area contributed by atoms with Crippen molar-refractivity contribution in [3.8, 4) is 5.75 Å². The standard InChI is InChI=1S/C13H14BrClN2OS/c14-13-5-4-12(19-13)7-10(17-16)8-18-11-3-1-2-9(15)6-11/h1-6,10,17H,7-8,16H2. The topological polar surface area (TPSA) is 47.3 Å². The molecule has 1 aromatic heterocycles. The third-order valence-electron chi connectivity index (χ3n) is 2.56. The summed E-state index contributed by atoms with van der Waals surface area (Å²) in [6.07, 6.45) is 0.827. The Morgan fingerprint density at radius 1 is 1.37 bits per heavy atom. The molecule has 19 heavy (non-hydrogen) atoms. The molecule has 0 saturated carbocycles. The van der Waals surface area contributed by atoms with E-state index in [2.05, 4.69) is 27.4 Å². The van der Waals surface area contributed by atoms with E-state index < -0.39 is 0 Å². The van der Waals surface area contributed by atoms with Gasteiger partial charge in [-0.3, -0.25) is 11.3 Å². The van der Waals surface area contributed by atoms with Gasteiger partial charge in [-0.1, -0.05) is 17.7 Å². The van der Waals surface area contributed by atoms with Crippen molar-refractivity contribution in [1.29, 1.82) is 0 Å². The van der Waals surface area contributed by atoms with Crippen molar-refractivity contribution in [2.75, 3.05) is 6.61 Å². The summed E-state index contributed by atoms with van der Waals surface area (Å²) in [5, 5.41) is 0.664. The van der Waals surface area contributed by atoms with Gasteiger partial charge in [0.25, 0.3) is 0 Å². The van der Waals surface area contributed by atoms with Crippen LogP contribution in [0.2, 0.25) is 5.02 Å². The highest BCUT2D eigenvalue weighted by molar-refractivity contribution is 9.11. The Balaban J connectivity index is 1.89. The molecule has 0 spiro atoms. The first-order valence-corrected chi connectivity index (χ1v) is 7.75. The second-order valence-corrected chi connectivity index (χ2v) is 7.03. The Kier molecular flexibility index (Phi) is 5.66. The molecule has 102 valence electrons. The van der Waals surface area contributed by atoms with Crippen molar-refractivity contribution >= 4 is 38.9 Å². The van der Waals surface area contributed by atoms with Crippen LogP contribution in [0.4, 0.5) is 0 Å². The number of rotatable bonds is 6. The summed E-state index contributed by atoms with van der Waals surface area (Å²) in [6.45, 7) is 0.492. The minimum atomic E-state index is 0.0598. The largest absolute Gasteiger partial charge is 0.492 e. The van der Waals surface area contributed by atoms with E-state index in [0.717, 1.165) is 16.0 Å². The van der Waals surface area contributed by atoms with Crippen molar-refractivity contribution in [1.82, 2.24) is 5.43 Å². The molecular weight excluding hydrogens is 348 g/mol. The van der Waals surface area contributed by atoms with Crippen LogP contribution in [0.5, 0.6) is 5.75 Å². The Morgan fingerprint density at radius 3 is 2.84 bits per heavy atom. The molecule has 6 heteroatoms. The average molecular weight is 362 g/mol. The van der Waals surface area contributed by atoms with Gasteiger partial charge >= 0.3 is 0 Å². The first-order chi connectivity index (χ1) is 9.17. The van der Waals surface area contributed by atoms with E-state index in [-0.39, 0.29) is 6.04 Å². The number of benzene rings is 1. The lowest BCUT2D eigenvalue weighted by Gasteiger charge is -2.16. The van der Waals surface area contributed by atoms with E-state index >= 15 is 0 Å². The number of ether oxygens (including phenoxy) is 1. The van der Waals surface area contributed by atoms with E-state index in [1.54, 1.807) is 17.4 Å². The number of thiophene rings is 1. The number of hydrazine groups is 1. The van der Waals surface area contributed by atoms with Crippen molar-refractivity contribution in [3.05, 3.63) is 50.1 Å². The molecular formula is C13H14BrClN2OS. The minimum absolute atomic E-state index is 0.0598. The third kappa shape index (κ3) is 4.78. The number of nitrogens with one attached hydrogen (secondary N) is 1. The van der Waals surface area contributed by atoms with Crippen molar-refractivity contribution in [3.63, 3.8) is 0 Å². The van der Waals surface area contributed by atoms with E-state index in [1.807, 2.05) is 24.3 Å². The van der Waals surface area contributed by atoms with Crippen LogP contribution in [0.25, 0.3) is 0 Å². The normalized spacial score (nSPS) is 12.4. The van der Waals surface area contributed by atoms with Crippen molar-refractivity contribution < 1.29 is 4.74 Å². The first kappa shape index (κ1) is 14.8. The van der Waals surface area contributed by atoms with Gasteiger partial charge in [-0.25, -0.2) is 0 Å². The second-order valence-electron chi connectivity index (χ2n) is 4.04. The molecule has 1 heterocycles. The fourth-order valence-electron chi connectivity index (χ4n) is 1.62. The molecule has 2 rings (SSSR count). The Bertz CT molecular complexity index is 535. The van der Waals surface area contributed by atoms with Crippen LogP contribution in [0.15, 0.2) is 40.2 Å². The van der Waals surface area contributed by atoms with Gasteiger partial charge in [0.05, 0.1) is 9.83 Å². The van der Waals surface area contributed by atoms with Gasteiger partial charge < -0.3 is 4.74 Å². The van der Waals surface area contributed by atoms with Gasteiger partial charge in [0.15, 0.2) is 0 Å². The maximum Gasteiger partial charge on any atom is 0.120 e. The lowest BCUT2D eigenvalue weighted by molar-refractivity contribution is 0.265. The Morgan fingerprint density at radius 2 is 2.21 bits per heavy atom. The number of hydrogen-bond donors (Lipinski definition) is 2. The van der Waals surface area contributed by atoms with Gasteiger partial charge in [-0.05, 0) is 46.3 Å². The first-order valence-electron chi connectivity index (χ1n) is 5.76. The maximum atomic E-state index is 5.90. The predicted molar refractivity (Wildman–Crippen MR) is 83.8 cm³/mol. The number of halogens is 2. The van der Waals surface area contributed by atoms with Gasteiger partial charge in [0, 0.05) is 16.3 Å². The fraction of sp³-hybridized carbons (Fsp3) is 0.231. The summed E-state index contributed by atoms with van der Waals surface area (Å²) < 4.78 is 6.80. The highest BCUT2D eigenvalue weighted by atomic mass is 79.9. The summed E-state index contributed by atoms with van der Waals surface area (Å²) in [5.74, 6) is 6.31. The molecule has 0 amide bonds. The Labute approximate surface area is 129 Å². The van der Waals surface area contributed by atoms with Crippen LogP contribution in [0, 0.1) is 0 Å². The zero-order valence-electron chi connectivity index (χ0n) is 10.1. The molecule has 0 radical (unpaired) electrons. The maximum absolute atomic E-state index is 5.90. The zero-order valence-corrected chi connectivity index (χ0v) is 13.3. The van der Waals surface area contributed by atoms with E-state index in [0.29, 0.717) is 11.6 Å². The fourth-order valence-corrected chi connectivity index (χ4v) is 3.37. The van der Waals surface area contributed by atoms with E-state index in [1.165, 1.54) is 4.88 Å². The summed E-state index contributed by atoms with van der Waals surface area (Å²) in [7, 11) is 0. The molecule has 0 aliphatic carbocycles. The zero-order chi connectivity index (χ0) is 13.7. The highest BCUT2D eigenvalue weighted by Gasteiger charge is 2.10. The molecule has 3 N–H and O–H groups in total. The van der Waals surface area contributed by atoms with Crippen molar-refractivity contribution in [2.24, 2.45) is 5.84 Å². The molecule has 1 atom stereocenters. The summed E-state index contributed by atoms with van der Waals surface area (Å²) >= 11 is 11.1. The molecule has 0 aliphatic rings. The monoisotopic (exact) mass is 360 g/mol. The van der Waals surface area contributed by atoms with Crippen molar-refractivity contribution in [2.45, 2.75) is 12.5 Å².